The number of nitrogens with one attached hydrogen (secondary N) is 1. The summed E-state index contributed by atoms with van der Waals surface area (Å²) in [5.41, 5.74) is 4.22. The summed E-state index contributed by atoms with van der Waals surface area (Å²) in [6.45, 7) is 3.80. The average Bonchev–Trinajstić information content (AvgIpc) is 2.85. The third kappa shape index (κ3) is 7.75. The number of benzene rings is 2. The topological polar surface area (TPSA) is 120 Å². The van der Waals surface area contributed by atoms with Gasteiger partial charge in [0, 0.05) is 37.8 Å². The van der Waals surface area contributed by atoms with Gasteiger partial charge in [0.25, 0.3) is 0 Å². The molecule has 0 saturated heterocycles. The average molecular weight is 471 g/mol. The van der Waals surface area contributed by atoms with Crippen molar-refractivity contribution in [1.29, 1.82) is 5.26 Å². The Kier molecular flexibility index (Phi) is 9.02. The van der Waals surface area contributed by atoms with Gasteiger partial charge in [-0.05, 0) is 42.5 Å². The van der Waals surface area contributed by atoms with Crippen LogP contribution in [0.25, 0.3) is 11.3 Å². The predicted molar refractivity (Wildman–Crippen MR) is 134 cm³/mol. The summed E-state index contributed by atoms with van der Waals surface area (Å²) in [5.74, 6) is -0.616. The second-order valence-electron chi connectivity index (χ2n) is 7.58. The molecule has 35 heavy (non-hydrogen) atoms. The molecule has 0 aliphatic carbocycles. The summed E-state index contributed by atoms with van der Waals surface area (Å²) in [4.78, 5) is 29.2. The Morgan fingerprint density at radius 2 is 1.86 bits per heavy atom. The Balaban J connectivity index is 1.82. The number of carbonyl (C=O) groups is 2. The molecule has 0 unspecified atom stereocenters. The van der Waals surface area contributed by atoms with Gasteiger partial charge in [0.15, 0.2) is 0 Å². The minimum atomic E-state index is -0.368. The molecule has 1 heterocycles. The summed E-state index contributed by atoms with van der Waals surface area (Å²) in [6, 6.07) is 20.7. The van der Waals surface area contributed by atoms with Crippen molar-refractivity contribution in [3.05, 3.63) is 66.9 Å². The summed E-state index contributed by atoms with van der Waals surface area (Å²) in [7, 11) is 0. The molecule has 1 amide bonds. The fourth-order valence-corrected chi connectivity index (χ4v) is 3.30. The number of pyridine rings is 1. The van der Waals surface area contributed by atoms with E-state index in [4.69, 9.17) is 10.00 Å². The van der Waals surface area contributed by atoms with Crippen LogP contribution < -0.4 is 10.2 Å². The van der Waals surface area contributed by atoms with Crippen molar-refractivity contribution in [2.45, 2.75) is 20.3 Å². The van der Waals surface area contributed by atoms with Crippen LogP contribution in [-0.4, -0.2) is 36.6 Å². The zero-order valence-electron chi connectivity index (χ0n) is 19.6. The van der Waals surface area contributed by atoms with Crippen molar-refractivity contribution in [3.63, 3.8) is 0 Å². The van der Waals surface area contributed by atoms with Gasteiger partial charge in [-0.25, -0.2) is 0 Å². The first-order valence-corrected chi connectivity index (χ1v) is 11.1. The van der Waals surface area contributed by atoms with Gasteiger partial charge in [0.2, 0.25) is 5.91 Å². The molecule has 0 bridgehead atoms. The van der Waals surface area contributed by atoms with Crippen molar-refractivity contribution in [1.82, 2.24) is 4.98 Å². The third-order valence-corrected chi connectivity index (χ3v) is 4.92. The smallest absolute Gasteiger partial charge is 0.302 e. The summed E-state index contributed by atoms with van der Waals surface area (Å²) in [5, 5.41) is 20.4. The minimum Gasteiger partial charge on any atom is -0.464 e. The number of ether oxygens (including phenoxy) is 1. The number of anilines is 2. The molecule has 9 heteroatoms. The Bertz CT molecular complexity index is 1220. The zero-order valence-corrected chi connectivity index (χ0v) is 19.6. The molecule has 3 rings (SSSR count). The van der Waals surface area contributed by atoms with Crippen molar-refractivity contribution in [2.75, 3.05) is 29.9 Å². The molecule has 0 atom stereocenters. The molecule has 178 valence electrons. The maximum atomic E-state index is 11.8. The highest BCUT2D eigenvalue weighted by atomic mass is 16.5. The Labute approximate surface area is 204 Å². The van der Waals surface area contributed by atoms with Crippen molar-refractivity contribution in [3.8, 4) is 17.3 Å². The lowest BCUT2D eigenvalue weighted by Gasteiger charge is -2.24. The first-order chi connectivity index (χ1) is 17.0. The van der Waals surface area contributed by atoms with Crippen LogP contribution >= 0.6 is 0 Å². The molecular weight excluding hydrogens is 444 g/mol. The Morgan fingerprint density at radius 1 is 1.06 bits per heavy atom. The van der Waals surface area contributed by atoms with Crippen molar-refractivity contribution in [2.24, 2.45) is 10.2 Å². The molecule has 0 spiro atoms. The zero-order chi connectivity index (χ0) is 25.0. The molecule has 0 saturated carbocycles. The van der Waals surface area contributed by atoms with E-state index in [9.17, 15) is 9.59 Å². The number of amides is 1. The molecule has 3 aromatic rings. The van der Waals surface area contributed by atoms with Gasteiger partial charge in [0.05, 0.1) is 36.1 Å². The quantitative estimate of drug-likeness (QED) is 0.313. The molecule has 9 nitrogen and oxygen atoms in total. The van der Waals surface area contributed by atoms with Gasteiger partial charge < -0.3 is 15.0 Å². The van der Waals surface area contributed by atoms with E-state index in [1.165, 1.54) is 13.8 Å². The van der Waals surface area contributed by atoms with Gasteiger partial charge in [-0.2, -0.15) is 10.4 Å². The lowest BCUT2D eigenvalue weighted by atomic mass is 10.1. The normalized spacial score (nSPS) is 10.5. The van der Waals surface area contributed by atoms with Crippen LogP contribution in [-0.2, 0) is 14.3 Å². The van der Waals surface area contributed by atoms with Crippen molar-refractivity contribution < 1.29 is 14.3 Å². The number of nitrogens with zero attached hydrogens (tertiary/aromatic N) is 5. The number of carbonyl (C=O) groups excluding carboxylic acids is 2. The standard InChI is InChI=1S/C26H26N6O3/c1-19(33)29-26-18-23(32(15-5-13-27)16-17-35-20(2)34)11-12-25(26)31-30-22-9-7-21(8-10-22)24-6-3-4-14-28-24/h3-4,6-12,14,18H,5,15-17H2,1-2H3,(H,29,33). The number of esters is 1. The molecule has 1 N–H and O–H groups in total. The van der Waals surface area contributed by atoms with Gasteiger partial charge in [-0.15, -0.1) is 5.11 Å². The highest BCUT2D eigenvalue weighted by molar-refractivity contribution is 5.93. The van der Waals surface area contributed by atoms with Crippen LogP contribution in [0.5, 0.6) is 0 Å². The summed E-state index contributed by atoms with van der Waals surface area (Å²) in [6.07, 6.45) is 2.04. The molecule has 1 aromatic heterocycles. The number of rotatable bonds is 10. The van der Waals surface area contributed by atoms with Crippen LogP contribution in [0.1, 0.15) is 20.3 Å². The second kappa shape index (κ2) is 12.6. The SMILES string of the molecule is CC(=O)Nc1cc(N(CCC#N)CCOC(C)=O)ccc1N=Nc1ccc(-c2ccccn2)cc1. The number of azo groups is 1. The van der Waals surface area contributed by atoms with E-state index in [-0.39, 0.29) is 18.5 Å². The fraction of sp³-hybridized carbons (Fsp3) is 0.231. The fourth-order valence-electron chi connectivity index (χ4n) is 3.30. The lowest BCUT2D eigenvalue weighted by Crippen LogP contribution is -2.29. The molecular formula is C26H26N6O3. The van der Waals surface area contributed by atoms with E-state index in [1.54, 1.807) is 18.3 Å². The first-order valence-electron chi connectivity index (χ1n) is 11.1. The summed E-state index contributed by atoms with van der Waals surface area (Å²) >= 11 is 0. The molecule has 0 aliphatic heterocycles. The maximum Gasteiger partial charge on any atom is 0.302 e. The van der Waals surface area contributed by atoms with E-state index in [1.807, 2.05) is 53.4 Å². The monoisotopic (exact) mass is 470 g/mol. The van der Waals surface area contributed by atoms with E-state index < -0.39 is 0 Å². The van der Waals surface area contributed by atoms with Crippen LogP contribution in [0.4, 0.5) is 22.7 Å². The van der Waals surface area contributed by atoms with E-state index in [0.29, 0.717) is 36.6 Å². The predicted octanol–water partition coefficient (Wildman–Crippen LogP) is 5.41. The number of nitriles is 1. The van der Waals surface area contributed by atoms with E-state index in [0.717, 1.165) is 16.9 Å². The Morgan fingerprint density at radius 3 is 2.51 bits per heavy atom. The number of hydrogen-bond donors (Lipinski definition) is 1. The molecule has 2 aromatic carbocycles. The third-order valence-electron chi connectivity index (χ3n) is 4.92. The highest BCUT2D eigenvalue weighted by Crippen LogP contribution is 2.32. The van der Waals surface area contributed by atoms with Crippen LogP contribution in [0.2, 0.25) is 0 Å². The van der Waals surface area contributed by atoms with Gasteiger partial charge in [0.1, 0.15) is 12.3 Å². The van der Waals surface area contributed by atoms with E-state index >= 15 is 0 Å². The summed E-state index contributed by atoms with van der Waals surface area (Å²) < 4.78 is 5.05. The number of aromatic nitrogens is 1. The van der Waals surface area contributed by atoms with Gasteiger partial charge in [-0.3, -0.25) is 14.6 Å². The molecule has 0 fully saturated rings. The molecule has 0 radical (unpaired) electrons. The Hall–Kier alpha value is -4.58. The highest BCUT2D eigenvalue weighted by Gasteiger charge is 2.12. The van der Waals surface area contributed by atoms with Gasteiger partial charge >= 0.3 is 5.97 Å². The lowest BCUT2D eigenvalue weighted by molar-refractivity contribution is -0.140. The van der Waals surface area contributed by atoms with Crippen LogP contribution in [0, 0.1) is 11.3 Å². The number of hydrogen-bond acceptors (Lipinski definition) is 8. The second-order valence-corrected chi connectivity index (χ2v) is 7.58. The van der Waals surface area contributed by atoms with Gasteiger partial charge in [-0.1, -0.05) is 18.2 Å². The first kappa shape index (κ1) is 25.1. The molecule has 0 aliphatic rings. The largest absolute Gasteiger partial charge is 0.464 e. The van der Waals surface area contributed by atoms with E-state index in [2.05, 4.69) is 26.6 Å². The van der Waals surface area contributed by atoms with Crippen LogP contribution in [0.3, 0.4) is 0 Å². The van der Waals surface area contributed by atoms with Crippen molar-refractivity contribution >= 4 is 34.6 Å². The maximum absolute atomic E-state index is 11.8. The minimum absolute atomic E-state index is 0.187. The van der Waals surface area contributed by atoms with Crippen LogP contribution in [0.15, 0.2) is 77.1 Å².